The zero-order valence-electron chi connectivity index (χ0n) is 22.1. The molecule has 0 aromatic heterocycles. The number of aryl methyl sites for hydroxylation is 2. The molecule has 0 aliphatic carbocycles. The molecule has 0 saturated carbocycles. The molecule has 0 radical (unpaired) electrons. The second-order valence-electron chi connectivity index (χ2n) is 9.25. The third-order valence-corrected chi connectivity index (χ3v) is 7.52. The van der Waals surface area contributed by atoms with Crippen molar-refractivity contribution in [2.24, 2.45) is 0 Å². The number of hydrogen-bond donors (Lipinski definition) is 1. The Bertz CT molecular complexity index is 1380. The summed E-state index contributed by atoms with van der Waals surface area (Å²) < 4.78 is 41.4. The zero-order valence-corrected chi connectivity index (χ0v) is 23.0. The highest BCUT2D eigenvalue weighted by molar-refractivity contribution is 7.92. The molecule has 3 aromatic carbocycles. The number of halogens is 1. The average molecular weight is 540 g/mol. The molecule has 1 N–H and O–H groups in total. The van der Waals surface area contributed by atoms with Crippen molar-refractivity contribution in [2.75, 3.05) is 23.7 Å². The molecule has 0 saturated heterocycles. The predicted molar refractivity (Wildman–Crippen MR) is 148 cm³/mol. The first-order valence-electron chi connectivity index (χ1n) is 12.4. The van der Waals surface area contributed by atoms with Gasteiger partial charge < -0.3 is 10.2 Å². The summed E-state index contributed by atoms with van der Waals surface area (Å²) in [6, 6.07) is 19.4. The zero-order chi connectivity index (χ0) is 27.9. The molecule has 2 amide bonds. The minimum atomic E-state index is -3.86. The van der Waals surface area contributed by atoms with Crippen LogP contribution in [-0.4, -0.2) is 50.5 Å². The van der Waals surface area contributed by atoms with Crippen LogP contribution in [0.4, 0.5) is 10.1 Å². The average Bonchev–Trinajstić information content (AvgIpc) is 2.87. The van der Waals surface area contributed by atoms with Gasteiger partial charge in [0.25, 0.3) is 0 Å². The number of carbonyl (C=O) groups is 2. The second-order valence-corrected chi connectivity index (χ2v) is 11.2. The molecule has 3 rings (SSSR count). The molecule has 3 aromatic rings. The maximum atomic E-state index is 14.7. The van der Waals surface area contributed by atoms with E-state index in [1.54, 1.807) is 43.3 Å². The molecule has 0 spiro atoms. The van der Waals surface area contributed by atoms with Crippen LogP contribution in [-0.2, 0) is 32.6 Å². The molecule has 7 nitrogen and oxygen atoms in total. The highest BCUT2D eigenvalue weighted by Gasteiger charge is 2.33. The molecule has 0 fully saturated rings. The van der Waals surface area contributed by atoms with Crippen LogP contribution < -0.4 is 9.62 Å². The number of sulfonamides is 1. The van der Waals surface area contributed by atoms with Crippen molar-refractivity contribution in [1.82, 2.24) is 10.2 Å². The van der Waals surface area contributed by atoms with Crippen LogP contribution in [0.15, 0.2) is 72.8 Å². The van der Waals surface area contributed by atoms with Gasteiger partial charge in [0.2, 0.25) is 21.8 Å². The molecular weight excluding hydrogens is 505 g/mol. The summed E-state index contributed by atoms with van der Waals surface area (Å²) in [5, 5.41) is 2.77. The summed E-state index contributed by atoms with van der Waals surface area (Å²) in [5.74, 6) is -1.55. The van der Waals surface area contributed by atoms with Gasteiger partial charge in [-0.2, -0.15) is 0 Å². The smallest absolute Gasteiger partial charge is 0.244 e. The van der Waals surface area contributed by atoms with Crippen molar-refractivity contribution < 1.29 is 22.4 Å². The van der Waals surface area contributed by atoms with E-state index in [9.17, 15) is 22.4 Å². The quantitative estimate of drug-likeness (QED) is 0.399. The third-order valence-electron chi connectivity index (χ3n) is 6.38. The molecule has 0 aliphatic rings. The fourth-order valence-corrected chi connectivity index (χ4v) is 4.99. The van der Waals surface area contributed by atoms with Crippen LogP contribution in [0.3, 0.4) is 0 Å². The molecule has 0 bridgehead atoms. The molecule has 0 heterocycles. The molecule has 202 valence electrons. The Hall–Kier alpha value is -3.72. The van der Waals surface area contributed by atoms with E-state index in [1.807, 2.05) is 44.2 Å². The monoisotopic (exact) mass is 539 g/mol. The summed E-state index contributed by atoms with van der Waals surface area (Å²) in [6.07, 6.45) is 1.21. The van der Waals surface area contributed by atoms with Gasteiger partial charge in [-0.15, -0.1) is 0 Å². The van der Waals surface area contributed by atoms with Crippen molar-refractivity contribution >= 4 is 27.5 Å². The lowest BCUT2D eigenvalue weighted by molar-refractivity contribution is -0.140. The van der Waals surface area contributed by atoms with Crippen molar-refractivity contribution in [3.05, 3.63) is 101 Å². The Morgan fingerprint density at radius 2 is 1.61 bits per heavy atom. The normalized spacial score (nSPS) is 12.0. The van der Waals surface area contributed by atoms with Crippen molar-refractivity contribution in [3.8, 4) is 0 Å². The van der Waals surface area contributed by atoms with Crippen LogP contribution in [0.25, 0.3) is 0 Å². The minimum absolute atomic E-state index is 0.176. The van der Waals surface area contributed by atoms with Gasteiger partial charge in [-0.1, -0.05) is 54.6 Å². The van der Waals surface area contributed by atoms with Crippen molar-refractivity contribution in [1.29, 1.82) is 0 Å². The summed E-state index contributed by atoms with van der Waals surface area (Å²) in [4.78, 5) is 28.4. The number of nitrogens with one attached hydrogen (secondary N) is 1. The summed E-state index contributed by atoms with van der Waals surface area (Å²) >= 11 is 0. The first kappa shape index (κ1) is 28.8. The number of amides is 2. The Balaban J connectivity index is 2.06. The van der Waals surface area contributed by atoms with Crippen molar-refractivity contribution in [3.63, 3.8) is 0 Å². The molecule has 38 heavy (non-hydrogen) atoms. The molecule has 9 heteroatoms. The Kier molecular flexibility index (Phi) is 9.63. The standard InChI is InChI=1S/C29H34FN3O4S/c1-5-31-29(35)27(18-23-11-7-6-8-12-23)32(19-24-13-9-10-14-26(24)30)28(34)20-33(38(4,36)37)25-16-15-21(2)22(3)17-25/h6-17,27H,5,18-20H2,1-4H3,(H,31,35). The van der Waals surface area contributed by atoms with Gasteiger partial charge in [0.1, 0.15) is 18.4 Å². The summed E-state index contributed by atoms with van der Waals surface area (Å²) in [5.41, 5.74) is 3.22. The molecular formula is C29H34FN3O4S. The fourth-order valence-electron chi connectivity index (χ4n) is 4.15. The van der Waals surface area contributed by atoms with E-state index in [0.717, 1.165) is 27.3 Å². The predicted octanol–water partition coefficient (Wildman–Crippen LogP) is 3.98. The summed E-state index contributed by atoms with van der Waals surface area (Å²) in [6.45, 7) is 5.13. The van der Waals surface area contributed by atoms with Gasteiger partial charge in [-0.25, -0.2) is 12.8 Å². The Morgan fingerprint density at radius 3 is 2.21 bits per heavy atom. The van der Waals surface area contributed by atoms with E-state index >= 15 is 0 Å². The Morgan fingerprint density at radius 1 is 0.947 bits per heavy atom. The van der Waals surface area contributed by atoms with Gasteiger partial charge in [0.05, 0.1) is 11.9 Å². The van der Waals surface area contributed by atoms with Gasteiger partial charge in [0.15, 0.2) is 0 Å². The van der Waals surface area contributed by atoms with Gasteiger partial charge >= 0.3 is 0 Å². The SMILES string of the molecule is CCNC(=O)C(Cc1ccccc1)N(Cc1ccccc1F)C(=O)CN(c1ccc(C)c(C)c1)S(C)(=O)=O. The van der Waals surface area contributed by atoms with E-state index in [4.69, 9.17) is 0 Å². The van der Waals surface area contributed by atoms with E-state index in [-0.39, 0.29) is 18.5 Å². The van der Waals surface area contributed by atoms with Gasteiger partial charge in [0, 0.05) is 25.1 Å². The van der Waals surface area contributed by atoms with Gasteiger partial charge in [-0.05, 0) is 55.7 Å². The van der Waals surface area contributed by atoms with Crippen LogP contribution in [0.5, 0.6) is 0 Å². The van der Waals surface area contributed by atoms with Crippen molar-refractivity contribution in [2.45, 2.75) is 39.8 Å². The number of carbonyl (C=O) groups excluding carboxylic acids is 2. The molecule has 0 aliphatic heterocycles. The lowest BCUT2D eigenvalue weighted by Gasteiger charge is -2.33. The lowest BCUT2D eigenvalue weighted by atomic mass is 10.0. The van der Waals surface area contributed by atoms with Crippen LogP contribution in [0, 0.1) is 19.7 Å². The van der Waals surface area contributed by atoms with Crippen LogP contribution in [0.2, 0.25) is 0 Å². The second kappa shape index (κ2) is 12.7. The highest BCUT2D eigenvalue weighted by Crippen LogP contribution is 2.23. The fraction of sp³-hybridized carbons (Fsp3) is 0.310. The lowest BCUT2D eigenvalue weighted by Crippen LogP contribution is -2.53. The first-order chi connectivity index (χ1) is 18.0. The number of benzene rings is 3. The third kappa shape index (κ3) is 7.41. The topological polar surface area (TPSA) is 86.8 Å². The molecule has 1 unspecified atom stereocenters. The Labute approximate surface area is 224 Å². The number of anilines is 1. The first-order valence-corrected chi connectivity index (χ1v) is 14.3. The van der Waals surface area contributed by atoms with Gasteiger partial charge in [-0.3, -0.25) is 13.9 Å². The maximum Gasteiger partial charge on any atom is 0.244 e. The summed E-state index contributed by atoms with van der Waals surface area (Å²) in [7, 11) is -3.86. The number of nitrogens with zero attached hydrogens (tertiary/aromatic N) is 2. The number of hydrogen-bond acceptors (Lipinski definition) is 4. The van der Waals surface area contributed by atoms with E-state index in [1.165, 1.54) is 11.0 Å². The number of rotatable bonds is 11. The largest absolute Gasteiger partial charge is 0.355 e. The van der Waals surface area contributed by atoms with Crippen LogP contribution in [0.1, 0.15) is 29.2 Å². The highest BCUT2D eigenvalue weighted by atomic mass is 32.2. The minimum Gasteiger partial charge on any atom is -0.355 e. The van der Waals surface area contributed by atoms with E-state index in [0.29, 0.717) is 12.2 Å². The van der Waals surface area contributed by atoms with E-state index in [2.05, 4.69) is 5.32 Å². The van der Waals surface area contributed by atoms with E-state index < -0.39 is 40.2 Å². The maximum absolute atomic E-state index is 14.7. The molecule has 1 atom stereocenters. The number of likely N-dealkylation sites (N-methyl/N-ethyl adjacent to an activating group) is 1. The van der Waals surface area contributed by atoms with Crippen LogP contribution >= 0.6 is 0 Å².